The first kappa shape index (κ1) is 12.3. The molecule has 1 aromatic rings. The first-order valence-electron chi connectivity index (χ1n) is 6.84. The minimum Gasteiger partial charge on any atom is -0.298 e. The lowest BCUT2D eigenvalue weighted by Crippen LogP contribution is -2.45. The van der Waals surface area contributed by atoms with E-state index in [0.717, 1.165) is 25.7 Å². The number of carbonyl (C=O) groups is 1. The highest BCUT2D eigenvalue weighted by Gasteiger charge is 2.46. The molecule has 0 radical (unpaired) electrons. The van der Waals surface area contributed by atoms with E-state index in [0.29, 0.717) is 5.78 Å². The van der Waals surface area contributed by atoms with Gasteiger partial charge >= 0.3 is 0 Å². The van der Waals surface area contributed by atoms with Crippen LogP contribution in [0.1, 0.15) is 51.5 Å². The summed E-state index contributed by atoms with van der Waals surface area (Å²) in [6, 6.07) is 10.4. The second kappa shape index (κ2) is 5.03. The Morgan fingerprint density at radius 2 is 1.76 bits per heavy atom. The van der Waals surface area contributed by atoms with Crippen molar-refractivity contribution >= 4 is 5.78 Å². The van der Waals surface area contributed by atoms with Gasteiger partial charge in [0.15, 0.2) is 0 Å². The summed E-state index contributed by atoms with van der Waals surface area (Å²) in [6.07, 6.45) is 5.24. The minimum atomic E-state index is -0.141. The van der Waals surface area contributed by atoms with Crippen LogP contribution in [0.5, 0.6) is 0 Å². The normalized spacial score (nSPS) is 17.8. The second-order valence-corrected chi connectivity index (χ2v) is 5.18. The molecule has 0 unspecified atom stereocenters. The van der Waals surface area contributed by atoms with Gasteiger partial charge in [0.2, 0.25) is 0 Å². The van der Waals surface area contributed by atoms with E-state index in [4.69, 9.17) is 0 Å². The summed E-state index contributed by atoms with van der Waals surface area (Å²) in [6.45, 7) is 4.26. The van der Waals surface area contributed by atoms with Gasteiger partial charge in [-0.15, -0.1) is 0 Å². The Hall–Kier alpha value is -1.11. The van der Waals surface area contributed by atoms with Gasteiger partial charge < -0.3 is 0 Å². The maximum atomic E-state index is 12.7. The van der Waals surface area contributed by atoms with E-state index < -0.39 is 0 Å². The van der Waals surface area contributed by atoms with Crippen LogP contribution in [0.15, 0.2) is 30.3 Å². The van der Waals surface area contributed by atoms with E-state index in [1.54, 1.807) is 0 Å². The van der Waals surface area contributed by atoms with Crippen LogP contribution in [-0.4, -0.2) is 5.78 Å². The van der Waals surface area contributed by atoms with E-state index in [-0.39, 0.29) is 11.3 Å². The predicted molar refractivity (Wildman–Crippen MR) is 71.1 cm³/mol. The number of Topliss-reactive ketones (excluding diaryl/α,β-unsaturated/α-hetero) is 1. The van der Waals surface area contributed by atoms with E-state index in [1.807, 2.05) is 6.07 Å². The molecule has 0 aliphatic heterocycles. The van der Waals surface area contributed by atoms with Gasteiger partial charge in [-0.2, -0.15) is 0 Å². The van der Waals surface area contributed by atoms with Crippen molar-refractivity contribution < 1.29 is 4.79 Å². The Balaban J connectivity index is 2.29. The number of ketones is 1. The molecule has 0 atom stereocenters. The van der Waals surface area contributed by atoms with Crippen LogP contribution in [0, 0.1) is 5.92 Å². The van der Waals surface area contributed by atoms with Crippen molar-refractivity contribution in [3.63, 3.8) is 0 Å². The summed E-state index contributed by atoms with van der Waals surface area (Å²) in [7, 11) is 0. The zero-order chi connectivity index (χ0) is 12.3. The highest BCUT2D eigenvalue weighted by molar-refractivity contribution is 5.93. The largest absolute Gasteiger partial charge is 0.298 e. The van der Waals surface area contributed by atoms with Gasteiger partial charge in [-0.25, -0.2) is 0 Å². The van der Waals surface area contributed by atoms with Crippen LogP contribution in [0.3, 0.4) is 0 Å². The molecule has 0 N–H and O–H groups in total. The van der Waals surface area contributed by atoms with Gasteiger partial charge in [-0.3, -0.25) is 4.79 Å². The molecule has 0 spiro atoms. The summed E-state index contributed by atoms with van der Waals surface area (Å²) < 4.78 is 0. The van der Waals surface area contributed by atoms with Crippen LogP contribution in [0.4, 0.5) is 0 Å². The Labute approximate surface area is 104 Å². The van der Waals surface area contributed by atoms with Crippen molar-refractivity contribution in [2.75, 3.05) is 0 Å². The lowest BCUT2D eigenvalue weighted by atomic mass is 9.59. The van der Waals surface area contributed by atoms with Gasteiger partial charge in [-0.1, -0.05) is 50.6 Å². The molecule has 0 amide bonds. The van der Waals surface area contributed by atoms with Crippen molar-refractivity contribution in [2.45, 2.75) is 51.4 Å². The molecule has 92 valence electrons. The molecular formula is C16H22O. The summed E-state index contributed by atoms with van der Waals surface area (Å²) in [5.74, 6) is 0.732. The summed E-state index contributed by atoms with van der Waals surface area (Å²) in [5, 5.41) is 0. The fourth-order valence-corrected chi connectivity index (χ4v) is 3.02. The first-order chi connectivity index (χ1) is 8.24. The van der Waals surface area contributed by atoms with Crippen LogP contribution in [-0.2, 0) is 10.2 Å². The molecule has 0 heterocycles. The maximum absolute atomic E-state index is 12.7. The standard InChI is InChI=1S/C16H22O/c1-3-13(4-2)15(17)16(11-8-12-16)14-9-6-5-7-10-14/h5-7,9-10,13H,3-4,8,11-12H2,1-2H3. The van der Waals surface area contributed by atoms with Crippen molar-refractivity contribution in [1.29, 1.82) is 0 Å². The summed E-state index contributed by atoms with van der Waals surface area (Å²) >= 11 is 0. The van der Waals surface area contributed by atoms with Crippen LogP contribution < -0.4 is 0 Å². The second-order valence-electron chi connectivity index (χ2n) is 5.18. The SMILES string of the molecule is CCC(CC)C(=O)C1(c2ccccc2)CCC1. The number of carbonyl (C=O) groups excluding carboxylic acids is 1. The fourth-order valence-electron chi connectivity index (χ4n) is 3.02. The molecule has 1 aliphatic carbocycles. The van der Waals surface area contributed by atoms with Crippen molar-refractivity contribution in [2.24, 2.45) is 5.92 Å². The fraction of sp³-hybridized carbons (Fsp3) is 0.562. The predicted octanol–water partition coefficient (Wildman–Crippen LogP) is 4.11. The monoisotopic (exact) mass is 230 g/mol. The van der Waals surface area contributed by atoms with Crippen molar-refractivity contribution in [1.82, 2.24) is 0 Å². The Bertz CT molecular complexity index is 372. The van der Waals surface area contributed by atoms with Crippen LogP contribution in [0.25, 0.3) is 0 Å². The first-order valence-corrected chi connectivity index (χ1v) is 6.84. The average molecular weight is 230 g/mol. The highest BCUT2D eigenvalue weighted by Crippen LogP contribution is 2.46. The minimum absolute atomic E-state index is 0.141. The maximum Gasteiger partial charge on any atom is 0.146 e. The Morgan fingerprint density at radius 3 is 2.18 bits per heavy atom. The molecule has 1 aromatic carbocycles. The van der Waals surface area contributed by atoms with E-state index in [2.05, 4.69) is 38.1 Å². The summed E-state index contributed by atoms with van der Waals surface area (Å²) in [4.78, 5) is 12.7. The highest BCUT2D eigenvalue weighted by atomic mass is 16.1. The smallest absolute Gasteiger partial charge is 0.146 e. The summed E-state index contributed by atoms with van der Waals surface area (Å²) in [5.41, 5.74) is 1.10. The van der Waals surface area contributed by atoms with Gasteiger partial charge in [0, 0.05) is 5.92 Å². The van der Waals surface area contributed by atoms with Gasteiger partial charge in [-0.05, 0) is 31.2 Å². The Kier molecular flexibility index (Phi) is 3.66. The molecule has 0 bridgehead atoms. The third kappa shape index (κ3) is 2.03. The molecule has 1 saturated carbocycles. The molecule has 2 rings (SSSR count). The Morgan fingerprint density at radius 1 is 1.18 bits per heavy atom. The molecule has 17 heavy (non-hydrogen) atoms. The van der Waals surface area contributed by atoms with E-state index in [1.165, 1.54) is 12.0 Å². The molecular weight excluding hydrogens is 208 g/mol. The molecule has 0 saturated heterocycles. The third-order valence-corrected chi connectivity index (χ3v) is 4.36. The number of hydrogen-bond acceptors (Lipinski definition) is 1. The quantitative estimate of drug-likeness (QED) is 0.744. The van der Waals surface area contributed by atoms with Gasteiger partial charge in [0.25, 0.3) is 0 Å². The molecule has 1 nitrogen and oxygen atoms in total. The van der Waals surface area contributed by atoms with Gasteiger partial charge in [0.1, 0.15) is 5.78 Å². The van der Waals surface area contributed by atoms with Crippen LogP contribution in [0.2, 0.25) is 0 Å². The number of rotatable bonds is 5. The third-order valence-electron chi connectivity index (χ3n) is 4.36. The average Bonchev–Trinajstić information content (AvgIpc) is 2.31. The van der Waals surface area contributed by atoms with E-state index >= 15 is 0 Å². The molecule has 0 aromatic heterocycles. The lowest BCUT2D eigenvalue weighted by molar-refractivity contribution is -0.132. The number of hydrogen-bond donors (Lipinski definition) is 0. The van der Waals surface area contributed by atoms with E-state index in [9.17, 15) is 4.79 Å². The van der Waals surface area contributed by atoms with Gasteiger partial charge in [0.05, 0.1) is 5.41 Å². The zero-order valence-electron chi connectivity index (χ0n) is 10.9. The van der Waals surface area contributed by atoms with Crippen molar-refractivity contribution in [3.05, 3.63) is 35.9 Å². The zero-order valence-corrected chi connectivity index (χ0v) is 10.9. The number of benzene rings is 1. The van der Waals surface area contributed by atoms with Crippen molar-refractivity contribution in [3.8, 4) is 0 Å². The lowest BCUT2D eigenvalue weighted by Gasteiger charge is -2.43. The topological polar surface area (TPSA) is 17.1 Å². The molecule has 1 fully saturated rings. The molecule has 1 aliphatic rings. The van der Waals surface area contributed by atoms with Crippen LogP contribution >= 0.6 is 0 Å². The molecule has 1 heteroatoms.